The second-order valence-electron chi connectivity index (χ2n) is 5.82. The fourth-order valence-electron chi connectivity index (χ4n) is 2.49. The molecule has 0 atom stereocenters. The molecule has 1 aromatic carbocycles. The molecule has 1 aliphatic rings. The summed E-state index contributed by atoms with van der Waals surface area (Å²) in [6.07, 6.45) is 0. The summed E-state index contributed by atoms with van der Waals surface area (Å²) in [6, 6.07) is 7.56. The lowest BCUT2D eigenvalue weighted by Crippen LogP contribution is -2.50. The van der Waals surface area contributed by atoms with Crippen molar-refractivity contribution in [2.75, 3.05) is 39.3 Å². The number of nitrogens with zero attached hydrogens (tertiary/aromatic N) is 2. The smallest absolute Gasteiger partial charge is 0.260 e. The van der Waals surface area contributed by atoms with E-state index in [4.69, 9.17) is 4.74 Å². The molecule has 1 aromatic rings. The molecule has 0 N–H and O–H groups in total. The van der Waals surface area contributed by atoms with Crippen LogP contribution in [0.3, 0.4) is 0 Å². The van der Waals surface area contributed by atoms with Gasteiger partial charge in [-0.15, -0.1) is 0 Å². The normalized spacial score (nSPS) is 16.3. The van der Waals surface area contributed by atoms with Crippen molar-refractivity contribution in [3.05, 3.63) is 28.7 Å². The Bertz CT molecular complexity index is 471. The Kier molecular flexibility index (Phi) is 6.06. The van der Waals surface area contributed by atoms with Crippen LogP contribution in [0.25, 0.3) is 0 Å². The Morgan fingerprint density at radius 3 is 2.62 bits per heavy atom. The molecule has 0 aromatic heterocycles. The largest absolute Gasteiger partial charge is 0.484 e. The molecule has 21 heavy (non-hydrogen) atoms. The van der Waals surface area contributed by atoms with Crippen LogP contribution in [0.15, 0.2) is 28.7 Å². The van der Waals surface area contributed by atoms with Gasteiger partial charge in [0.15, 0.2) is 6.61 Å². The third-order valence-electron chi connectivity index (χ3n) is 3.51. The lowest BCUT2D eigenvalue weighted by molar-refractivity contribution is -0.135. The van der Waals surface area contributed by atoms with Crippen LogP contribution >= 0.6 is 15.9 Å². The molecule has 0 unspecified atom stereocenters. The van der Waals surface area contributed by atoms with E-state index in [9.17, 15) is 4.79 Å². The number of piperazine rings is 1. The number of rotatable bonds is 5. The topological polar surface area (TPSA) is 32.8 Å². The molecule has 0 bridgehead atoms. The Morgan fingerprint density at radius 2 is 2.00 bits per heavy atom. The summed E-state index contributed by atoms with van der Waals surface area (Å²) in [5.41, 5.74) is 0. The molecule has 1 fully saturated rings. The minimum absolute atomic E-state index is 0.0687. The first-order valence-electron chi connectivity index (χ1n) is 7.43. The van der Waals surface area contributed by atoms with Gasteiger partial charge >= 0.3 is 0 Å². The van der Waals surface area contributed by atoms with E-state index in [1.165, 1.54) is 0 Å². The fraction of sp³-hybridized carbons (Fsp3) is 0.562. The van der Waals surface area contributed by atoms with Crippen LogP contribution in [0.1, 0.15) is 13.8 Å². The van der Waals surface area contributed by atoms with Gasteiger partial charge in [0.25, 0.3) is 5.91 Å². The number of hydrogen-bond donors (Lipinski definition) is 0. The van der Waals surface area contributed by atoms with Gasteiger partial charge in [-0.3, -0.25) is 9.69 Å². The Balaban J connectivity index is 1.75. The van der Waals surface area contributed by atoms with Crippen LogP contribution in [-0.4, -0.2) is 55.0 Å². The summed E-state index contributed by atoms with van der Waals surface area (Å²) in [6.45, 7) is 9.19. The Hall–Kier alpha value is -1.07. The van der Waals surface area contributed by atoms with Gasteiger partial charge < -0.3 is 9.64 Å². The van der Waals surface area contributed by atoms with Gasteiger partial charge in [-0.1, -0.05) is 35.8 Å². The molecule has 1 heterocycles. The second kappa shape index (κ2) is 7.80. The van der Waals surface area contributed by atoms with Crippen molar-refractivity contribution in [3.63, 3.8) is 0 Å². The van der Waals surface area contributed by atoms with Crippen LogP contribution in [0.4, 0.5) is 0 Å². The lowest BCUT2D eigenvalue weighted by Gasteiger charge is -2.35. The predicted molar refractivity (Wildman–Crippen MR) is 87.5 cm³/mol. The summed E-state index contributed by atoms with van der Waals surface area (Å²) in [7, 11) is 0. The number of ether oxygens (including phenoxy) is 1. The van der Waals surface area contributed by atoms with E-state index in [-0.39, 0.29) is 12.5 Å². The summed E-state index contributed by atoms with van der Waals surface area (Å²) < 4.78 is 6.51. The van der Waals surface area contributed by atoms with Crippen LogP contribution < -0.4 is 4.74 Å². The molecule has 5 heteroatoms. The third-order valence-corrected chi connectivity index (χ3v) is 4.00. The summed E-state index contributed by atoms with van der Waals surface area (Å²) in [5, 5.41) is 0. The first kappa shape index (κ1) is 16.3. The maximum absolute atomic E-state index is 12.2. The van der Waals surface area contributed by atoms with E-state index in [2.05, 4.69) is 34.7 Å². The minimum Gasteiger partial charge on any atom is -0.484 e. The van der Waals surface area contributed by atoms with Crippen molar-refractivity contribution < 1.29 is 9.53 Å². The number of carbonyl (C=O) groups excluding carboxylic acids is 1. The van der Waals surface area contributed by atoms with Gasteiger partial charge in [0.1, 0.15) is 5.75 Å². The van der Waals surface area contributed by atoms with Gasteiger partial charge in [-0.05, 0) is 24.1 Å². The number of amides is 1. The maximum atomic E-state index is 12.2. The van der Waals surface area contributed by atoms with E-state index in [0.717, 1.165) is 42.9 Å². The molecule has 0 radical (unpaired) electrons. The van der Waals surface area contributed by atoms with Gasteiger partial charge in [-0.2, -0.15) is 0 Å². The maximum Gasteiger partial charge on any atom is 0.260 e. The number of halogens is 1. The van der Waals surface area contributed by atoms with Gasteiger partial charge in [0, 0.05) is 37.2 Å². The quantitative estimate of drug-likeness (QED) is 0.814. The van der Waals surface area contributed by atoms with Crippen molar-refractivity contribution in [3.8, 4) is 5.75 Å². The molecular weight excluding hydrogens is 332 g/mol. The zero-order valence-corrected chi connectivity index (χ0v) is 14.3. The van der Waals surface area contributed by atoms with E-state index in [0.29, 0.717) is 5.92 Å². The van der Waals surface area contributed by atoms with E-state index < -0.39 is 0 Å². The minimum atomic E-state index is 0.0687. The summed E-state index contributed by atoms with van der Waals surface area (Å²) >= 11 is 3.39. The van der Waals surface area contributed by atoms with Crippen LogP contribution in [0.5, 0.6) is 5.75 Å². The average Bonchev–Trinajstić information content (AvgIpc) is 2.45. The standard InChI is InChI=1S/C16H23BrN2O2/c1-13(2)11-18-6-8-19(9-7-18)16(20)12-21-15-5-3-4-14(17)10-15/h3-5,10,13H,6-9,11-12H2,1-2H3. The highest BCUT2D eigenvalue weighted by Gasteiger charge is 2.21. The highest BCUT2D eigenvalue weighted by molar-refractivity contribution is 9.10. The van der Waals surface area contributed by atoms with Crippen molar-refractivity contribution in [1.82, 2.24) is 9.80 Å². The van der Waals surface area contributed by atoms with Gasteiger partial charge in [0.2, 0.25) is 0 Å². The predicted octanol–water partition coefficient (Wildman–Crippen LogP) is 2.63. The van der Waals surface area contributed by atoms with Crippen molar-refractivity contribution >= 4 is 21.8 Å². The van der Waals surface area contributed by atoms with Crippen LogP contribution in [0, 0.1) is 5.92 Å². The molecule has 2 rings (SSSR count). The van der Waals surface area contributed by atoms with E-state index >= 15 is 0 Å². The zero-order valence-electron chi connectivity index (χ0n) is 12.7. The first-order chi connectivity index (χ1) is 10.0. The molecule has 1 saturated heterocycles. The van der Waals surface area contributed by atoms with Crippen molar-refractivity contribution in [2.24, 2.45) is 5.92 Å². The van der Waals surface area contributed by atoms with Gasteiger partial charge in [0.05, 0.1) is 0 Å². The van der Waals surface area contributed by atoms with Crippen LogP contribution in [-0.2, 0) is 4.79 Å². The molecule has 4 nitrogen and oxygen atoms in total. The monoisotopic (exact) mass is 354 g/mol. The van der Waals surface area contributed by atoms with E-state index in [1.54, 1.807) is 0 Å². The molecule has 1 amide bonds. The van der Waals surface area contributed by atoms with E-state index in [1.807, 2.05) is 29.2 Å². The number of hydrogen-bond acceptors (Lipinski definition) is 3. The average molecular weight is 355 g/mol. The van der Waals surface area contributed by atoms with Crippen molar-refractivity contribution in [2.45, 2.75) is 13.8 Å². The fourth-order valence-corrected chi connectivity index (χ4v) is 2.87. The molecule has 1 aliphatic heterocycles. The second-order valence-corrected chi connectivity index (χ2v) is 6.74. The Morgan fingerprint density at radius 1 is 1.29 bits per heavy atom. The molecule has 0 saturated carbocycles. The highest BCUT2D eigenvalue weighted by atomic mass is 79.9. The zero-order chi connectivity index (χ0) is 15.2. The molecule has 0 aliphatic carbocycles. The van der Waals surface area contributed by atoms with Crippen molar-refractivity contribution in [1.29, 1.82) is 0 Å². The van der Waals surface area contributed by atoms with Gasteiger partial charge in [-0.25, -0.2) is 0 Å². The molecule has 0 spiro atoms. The SMILES string of the molecule is CC(C)CN1CCN(C(=O)COc2cccc(Br)c2)CC1. The number of carbonyl (C=O) groups is 1. The summed E-state index contributed by atoms with van der Waals surface area (Å²) in [5.74, 6) is 1.46. The lowest BCUT2D eigenvalue weighted by atomic mass is 10.2. The molecule has 116 valence electrons. The highest BCUT2D eigenvalue weighted by Crippen LogP contribution is 2.17. The molecular formula is C16H23BrN2O2. The first-order valence-corrected chi connectivity index (χ1v) is 8.22. The number of benzene rings is 1. The Labute approximate surface area is 135 Å². The summed E-state index contributed by atoms with van der Waals surface area (Å²) in [4.78, 5) is 16.5. The van der Waals surface area contributed by atoms with Crippen LogP contribution in [0.2, 0.25) is 0 Å². The third kappa shape index (κ3) is 5.32.